The Bertz CT molecular complexity index is 598. The molecule has 2 rings (SSSR count). The lowest BCUT2D eigenvalue weighted by atomic mass is 9.97. The van der Waals surface area contributed by atoms with Crippen LogP contribution >= 0.6 is 0 Å². The molecule has 21 heavy (non-hydrogen) atoms. The maximum atomic E-state index is 13.8. The van der Waals surface area contributed by atoms with Crippen LogP contribution in [0.5, 0.6) is 5.75 Å². The van der Waals surface area contributed by atoms with Crippen LogP contribution in [-0.4, -0.2) is 11.7 Å². The van der Waals surface area contributed by atoms with E-state index in [-0.39, 0.29) is 17.6 Å². The summed E-state index contributed by atoms with van der Waals surface area (Å²) < 4.78 is 13.8. The van der Waals surface area contributed by atoms with Crippen LogP contribution in [0.25, 0.3) is 0 Å². The lowest BCUT2D eigenvalue weighted by molar-refractivity contribution is 0.472. The van der Waals surface area contributed by atoms with E-state index in [0.29, 0.717) is 5.56 Å². The van der Waals surface area contributed by atoms with Gasteiger partial charge in [0, 0.05) is 6.04 Å². The van der Waals surface area contributed by atoms with Crippen molar-refractivity contribution in [3.05, 3.63) is 65.0 Å². The van der Waals surface area contributed by atoms with E-state index in [1.54, 1.807) is 25.1 Å². The number of phenolic OH excluding ortho intramolecular Hbond substituents is 1. The van der Waals surface area contributed by atoms with Crippen molar-refractivity contribution in [1.29, 1.82) is 0 Å². The summed E-state index contributed by atoms with van der Waals surface area (Å²) in [4.78, 5) is 0. The van der Waals surface area contributed by atoms with Gasteiger partial charge in [-0.05, 0) is 61.2 Å². The molecule has 1 atom stereocenters. The molecule has 1 unspecified atom stereocenters. The quantitative estimate of drug-likeness (QED) is 0.837. The predicted octanol–water partition coefficient (Wildman–Crippen LogP) is 4.12. The second kappa shape index (κ2) is 7.23. The van der Waals surface area contributed by atoms with Crippen LogP contribution in [0.2, 0.25) is 0 Å². The Kier molecular flexibility index (Phi) is 5.34. The number of nitrogens with one attached hydrogen (secondary N) is 1. The van der Waals surface area contributed by atoms with E-state index in [2.05, 4.69) is 12.2 Å². The fourth-order valence-electron chi connectivity index (χ4n) is 2.37. The van der Waals surface area contributed by atoms with E-state index < -0.39 is 0 Å². The standard InChI is InChI=1S/C18H22FNO/c1-3-9-20-18(11-14-5-4-6-16(21)10-14)15-8-7-13(2)17(19)12-15/h4-8,10,12,18,20-21H,3,9,11H2,1-2H3. The molecule has 0 aliphatic heterocycles. The maximum Gasteiger partial charge on any atom is 0.126 e. The van der Waals surface area contributed by atoms with Gasteiger partial charge in [-0.1, -0.05) is 31.2 Å². The van der Waals surface area contributed by atoms with Crippen molar-refractivity contribution < 1.29 is 9.50 Å². The molecule has 0 saturated carbocycles. The molecular formula is C18H22FNO. The van der Waals surface area contributed by atoms with Crippen LogP contribution in [0.3, 0.4) is 0 Å². The van der Waals surface area contributed by atoms with Gasteiger partial charge in [0.15, 0.2) is 0 Å². The average molecular weight is 287 g/mol. The van der Waals surface area contributed by atoms with E-state index in [1.807, 2.05) is 24.3 Å². The van der Waals surface area contributed by atoms with Gasteiger partial charge in [-0.3, -0.25) is 0 Å². The van der Waals surface area contributed by atoms with Gasteiger partial charge in [0.25, 0.3) is 0 Å². The number of rotatable bonds is 6. The molecule has 0 aliphatic carbocycles. The summed E-state index contributed by atoms with van der Waals surface area (Å²) in [6.07, 6.45) is 1.74. The van der Waals surface area contributed by atoms with E-state index >= 15 is 0 Å². The minimum atomic E-state index is -0.174. The molecule has 0 spiro atoms. The number of hydrogen-bond acceptors (Lipinski definition) is 2. The topological polar surface area (TPSA) is 32.3 Å². The number of aryl methyl sites for hydroxylation is 1. The molecule has 2 N–H and O–H groups in total. The first-order valence-electron chi connectivity index (χ1n) is 7.37. The van der Waals surface area contributed by atoms with E-state index in [1.165, 1.54) is 0 Å². The normalized spacial score (nSPS) is 12.3. The van der Waals surface area contributed by atoms with Crippen molar-refractivity contribution in [3.8, 4) is 5.75 Å². The summed E-state index contributed by atoms with van der Waals surface area (Å²) >= 11 is 0. The molecule has 2 nitrogen and oxygen atoms in total. The minimum Gasteiger partial charge on any atom is -0.508 e. The lowest BCUT2D eigenvalue weighted by Crippen LogP contribution is -2.24. The number of hydrogen-bond donors (Lipinski definition) is 2. The summed E-state index contributed by atoms with van der Waals surface area (Å²) in [5, 5.41) is 13.0. The van der Waals surface area contributed by atoms with Crippen LogP contribution in [0.4, 0.5) is 4.39 Å². The molecule has 0 aliphatic rings. The highest BCUT2D eigenvalue weighted by Gasteiger charge is 2.13. The number of aromatic hydroxyl groups is 1. The third kappa shape index (κ3) is 4.30. The fourth-order valence-corrected chi connectivity index (χ4v) is 2.37. The van der Waals surface area contributed by atoms with Gasteiger partial charge in [0.05, 0.1) is 0 Å². The molecule has 2 aromatic carbocycles. The molecule has 0 amide bonds. The molecule has 112 valence electrons. The first-order valence-corrected chi connectivity index (χ1v) is 7.37. The fraction of sp³-hybridized carbons (Fsp3) is 0.333. The SMILES string of the molecule is CCCNC(Cc1cccc(O)c1)c1ccc(C)c(F)c1. The van der Waals surface area contributed by atoms with Crippen molar-refractivity contribution in [2.45, 2.75) is 32.7 Å². The second-order valence-electron chi connectivity index (χ2n) is 5.39. The molecule has 0 bridgehead atoms. The predicted molar refractivity (Wildman–Crippen MR) is 84.0 cm³/mol. The summed E-state index contributed by atoms with van der Waals surface area (Å²) in [6, 6.07) is 12.6. The van der Waals surface area contributed by atoms with E-state index in [4.69, 9.17) is 0 Å². The van der Waals surface area contributed by atoms with Crippen molar-refractivity contribution in [1.82, 2.24) is 5.32 Å². The molecule has 0 heterocycles. The highest BCUT2D eigenvalue weighted by atomic mass is 19.1. The zero-order valence-corrected chi connectivity index (χ0v) is 12.6. The highest BCUT2D eigenvalue weighted by molar-refractivity contribution is 5.31. The van der Waals surface area contributed by atoms with Gasteiger partial charge >= 0.3 is 0 Å². The van der Waals surface area contributed by atoms with Gasteiger partial charge in [-0.15, -0.1) is 0 Å². The van der Waals surface area contributed by atoms with E-state index in [9.17, 15) is 9.50 Å². The smallest absolute Gasteiger partial charge is 0.126 e. The van der Waals surface area contributed by atoms with Crippen molar-refractivity contribution in [2.75, 3.05) is 6.54 Å². The summed E-state index contributed by atoms with van der Waals surface area (Å²) in [5.74, 6) is 0.0866. The van der Waals surface area contributed by atoms with Gasteiger partial charge in [-0.25, -0.2) is 4.39 Å². The Morgan fingerprint density at radius 2 is 2.00 bits per heavy atom. The monoisotopic (exact) mass is 287 g/mol. The average Bonchev–Trinajstić information content (AvgIpc) is 2.46. The van der Waals surface area contributed by atoms with Crippen LogP contribution < -0.4 is 5.32 Å². The molecule has 0 fully saturated rings. The molecule has 0 aromatic heterocycles. The molecular weight excluding hydrogens is 265 g/mol. The van der Waals surface area contributed by atoms with Gasteiger partial charge < -0.3 is 10.4 Å². The molecule has 0 saturated heterocycles. The first-order chi connectivity index (χ1) is 10.1. The number of halogens is 1. The number of phenols is 1. The maximum absolute atomic E-state index is 13.8. The Hall–Kier alpha value is -1.87. The summed E-state index contributed by atoms with van der Waals surface area (Å²) in [6.45, 7) is 4.75. The Labute approximate surface area is 125 Å². The van der Waals surface area contributed by atoms with Gasteiger partial charge in [0.1, 0.15) is 11.6 Å². The minimum absolute atomic E-state index is 0.0434. The van der Waals surface area contributed by atoms with Crippen molar-refractivity contribution in [3.63, 3.8) is 0 Å². The van der Waals surface area contributed by atoms with Crippen LogP contribution in [0, 0.1) is 12.7 Å². The van der Waals surface area contributed by atoms with Crippen LogP contribution in [0.15, 0.2) is 42.5 Å². The lowest BCUT2D eigenvalue weighted by Gasteiger charge is -2.20. The van der Waals surface area contributed by atoms with Crippen molar-refractivity contribution >= 4 is 0 Å². The summed E-state index contributed by atoms with van der Waals surface area (Å²) in [5.41, 5.74) is 2.63. The Morgan fingerprint density at radius 3 is 2.67 bits per heavy atom. The third-order valence-electron chi connectivity index (χ3n) is 3.59. The Balaban J connectivity index is 2.22. The second-order valence-corrected chi connectivity index (χ2v) is 5.39. The zero-order chi connectivity index (χ0) is 15.2. The molecule has 0 radical (unpaired) electrons. The third-order valence-corrected chi connectivity index (χ3v) is 3.59. The summed E-state index contributed by atoms with van der Waals surface area (Å²) in [7, 11) is 0. The van der Waals surface area contributed by atoms with Crippen LogP contribution in [-0.2, 0) is 6.42 Å². The Morgan fingerprint density at radius 1 is 1.19 bits per heavy atom. The largest absolute Gasteiger partial charge is 0.508 e. The number of benzene rings is 2. The highest BCUT2D eigenvalue weighted by Crippen LogP contribution is 2.22. The van der Waals surface area contributed by atoms with Crippen LogP contribution in [0.1, 0.15) is 36.1 Å². The molecule has 2 aromatic rings. The van der Waals surface area contributed by atoms with Gasteiger partial charge in [0.2, 0.25) is 0 Å². The van der Waals surface area contributed by atoms with E-state index in [0.717, 1.165) is 30.5 Å². The van der Waals surface area contributed by atoms with Gasteiger partial charge in [-0.2, -0.15) is 0 Å². The first kappa shape index (κ1) is 15.5. The van der Waals surface area contributed by atoms with Crippen molar-refractivity contribution in [2.24, 2.45) is 0 Å². The molecule has 3 heteroatoms. The zero-order valence-electron chi connectivity index (χ0n) is 12.6.